The van der Waals surface area contributed by atoms with Crippen LogP contribution in [0.2, 0.25) is 0 Å². The number of carbonyl (C=O) groups excluding carboxylic acids is 1. The van der Waals surface area contributed by atoms with Gasteiger partial charge in [0.05, 0.1) is 13.0 Å². The van der Waals surface area contributed by atoms with Crippen molar-refractivity contribution >= 4 is 17.6 Å². The largest absolute Gasteiger partial charge is 0.465 e. The molecule has 0 amide bonds. The Morgan fingerprint density at radius 3 is 2.64 bits per heavy atom. The summed E-state index contributed by atoms with van der Waals surface area (Å²) in [5, 5.41) is 0. The first kappa shape index (κ1) is 10.9. The number of ether oxygens (including phenoxy) is 1. The van der Waals surface area contributed by atoms with Gasteiger partial charge in [-0.15, -0.1) is 11.6 Å². The van der Waals surface area contributed by atoms with Crippen LogP contribution >= 0.6 is 11.6 Å². The van der Waals surface area contributed by atoms with Crippen molar-refractivity contribution in [3.63, 3.8) is 0 Å². The zero-order valence-corrected chi connectivity index (χ0v) is 8.07. The number of alkyl halides is 1. The number of esters is 1. The minimum atomic E-state index is -1.05. The Balaban J connectivity index is 3.32. The van der Waals surface area contributed by atoms with E-state index in [1.165, 1.54) is 6.07 Å². The monoisotopic (exact) mass is 220 g/mol. The Labute approximate surface area is 84.4 Å². The molecular weight excluding hydrogens is 214 g/mol. The van der Waals surface area contributed by atoms with E-state index in [0.29, 0.717) is 0 Å². The molecule has 0 saturated carbocycles. The normalized spacial score (nSPS) is 10.0. The van der Waals surface area contributed by atoms with E-state index < -0.39 is 23.2 Å². The molecule has 0 spiro atoms. The lowest BCUT2D eigenvalue weighted by Crippen LogP contribution is -2.09. The van der Waals surface area contributed by atoms with E-state index in [1.807, 2.05) is 0 Å². The van der Waals surface area contributed by atoms with E-state index in [2.05, 4.69) is 4.74 Å². The van der Waals surface area contributed by atoms with Crippen LogP contribution in [0.1, 0.15) is 15.9 Å². The quantitative estimate of drug-likeness (QED) is 0.565. The topological polar surface area (TPSA) is 26.3 Å². The van der Waals surface area contributed by atoms with Gasteiger partial charge in [0.2, 0.25) is 0 Å². The van der Waals surface area contributed by atoms with Crippen LogP contribution in [0.25, 0.3) is 0 Å². The van der Waals surface area contributed by atoms with Gasteiger partial charge in [-0.2, -0.15) is 0 Å². The van der Waals surface area contributed by atoms with Crippen LogP contribution in [0.3, 0.4) is 0 Å². The van der Waals surface area contributed by atoms with Crippen molar-refractivity contribution in [2.75, 3.05) is 7.11 Å². The highest BCUT2D eigenvalue weighted by Crippen LogP contribution is 2.19. The van der Waals surface area contributed by atoms with E-state index >= 15 is 0 Å². The van der Waals surface area contributed by atoms with Crippen LogP contribution < -0.4 is 0 Å². The summed E-state index contributed by atoms with van der Waals surface area (Å²) in [7, 11) is 1.05. The molecule has 0 heterocycles. The lowest BCUT2D eigenvalue weighted by molar-refractivity contribution is 0.0589. The maximum Gasteiger partial charge on any atom is 0.343 e. The number of hydrogen-bond donors (Lipinski definition) is 0. The molecule has 0 aliphatic carbocycles. The van der Waals surface area contributed by atoms with Gasteiger partial charge in [0.25, 0.3) is 0 Å². The minimum Gasteiger partial charge on any atom is -0.465 e. The zero-order chi connectivity index (χ0) is 10.7. The molecule has 2 nitrogen and oxygen atoms in total. The molecule has 1 rings (SSSR count). The fourth-order valence-electron chi connectivity index (χ4n) is 0.988. The maximum atomic E-state index is 13.3. The van der Waals surface area contributed by atoms with Crippen LogP contribution in [0.5, 0.6) is 0 Å². The van der Waals surface area contributed by atoms with Crippen molar-refractivity contribution in [1.82, 2.24) is 0 Å². The zero-order valence-electron chi connectivity index (χ0n) is 7.31. The number of rotatable bonds is 2. The molecule has 76 valence electrons. The van der Waals surface area contributed by atoms with Crippen molar-refractivity contribution < 1.29 is 18.3 Å². The average Bonchev–Trinajstić information content (AvgIpc) is 2.18. The molecule has 0 aromatic heterocycles. The molecule has 0 aliphatic rings. The van der Waals surface area contributed by atoms with Crippen molar-refractivity contribution in [2.45, 2.75) is 5.88 Å². The van der Waals surface area contributed by atoms with Crippen LogP contribution in [-0.2, 0) is 10.6 Å². The third-order valence-corrected chi connectivity index (χ3v) is 1.99. The molecular formula is C9H7ClF2O2. The van der Waals surface area contributed by atoms with Crippen molar-refractivity contribution in [2.24, 2.45) is 0 Å². The van der Waals surface area contributed by atoms with E-state index in [0.717, 1.165) is 13.2 Å². The van der Waals surface area contributed by atoms with Gasteiger partial charge in [-0.05, 0) is 6.07 Å². The van der Waals surface area contributed by atoms with Gasteiger partial charge in [0, 0.05) is 5.56 Å². The summed E-state index contributed by atoms with van der Waals surface area (Å²) in [6.07, 6.45) is 0. The number of carbonyl (C=O) groups is 1. The van der Waals surface area contributed by atoms with Gasteiger partial charge < -0.3 is 4.74 Å². The van der Waals surface area contributed by atoms with Crippen LogP contribution in [0.4, 0.5) is 8.78 Å². The molecule has 1 aromatic rings. The van der Waals surface area contributed by atoms with Gasteiger partial charge >= 0.3 is 5.97 Å². The summed E-state index contributed by atoms with van der Waals surface area (Å²) in [5.41, 5.74) is -0.640. The first-order valence-electron chi connectivity index (χ1n) is 3.73. The highest BCUT2D eigenvalue weighted by Gasteiger charge is 2.20. The Kier molecular flexibility index (Phi) is 3.41. The maximum absolute atomic E-state index is 13.3. The SMILES string of the molecule is COC(=O)c1c(F)ccc(CCl)c1F. The lowest BCUT2D eigenvalue weighted by Gasteiger charge is -2.05. The number of halogens is 3. The van der Waals surface area contributed by atoms with Crippen LogP contribution in [0.15, 0.2) is 12.1 Å². The number of methoxy groups -OCH3 is 1. The van der Waals surface area contributed by atoms with Gasteiger partial charge in [-0.25, -0.2) is 13.6 Å². The first-order chi connectivity index (χ1) is 6.61. The third-order valence-electron chi connectivity index (χ3n) is 1.70. The molecule has 0 atom stereocenters. The molecule has 0 bridgehead atoms. The minimum absolute atomic E-state index is 0.0634. The van der Waals surface area contributed by atoms with Gasteiger partial charge in [0.1, 0.15) is 17.2 Å². The molecule has 0 saturated heterocycles. The first-order valence-corrected chi connectivity index (χ1v) is 4.26. The van der Waals surface area contributed by atoms with Crippen LogP contribution in [-0.4, -0.2) is 13.1 Å². The average molecular weight is 221 g/mol. The highest BCUT2D eigenvalue weighted by atomic mass is 35.5. The Hall–Kier alpha value is -1.16. The Morgan fingerprint density at radius 1 is 1.50 bits per heavy atom. The molecule has 1 aromatic carbocycles. The van der Waals surface area contributed by atoms with E-state index in [-0.39, 0.29) is 11.4 Å². The number of benzene rings is 1. The smallest absolute Gasteiger partial charge is 0.343 e. The Bertz CT molecular complexity index is 366. The predicted molar refractivity (Wildman–Crippen MR) is 47.3 cm³/mol. The van der Waals surface area contributed by atoms with Crippen molar-refractivity contribution in [3.8, 4) is 0 Å². The summed E-state index contributed by atoms with van der Waals surface area (Å²) in [4.78, 5) is 11.0. The molecule has 14 heavy (non-hydrogen) atoms. The van der Waals surface area contributed by atoms with E-state index in [1.54, 1.807) is 0 Å². The van der Waals surface area contributed by atoms with Gasteiger partial charge in [-0.1, -0.05) is 6.07 Å². The van der Waals surface area contributed by atoms with E-state index in [9.17, 15) is 13.6 Å². The molecule has 0 aliphatic heterocycles. The molecule has 5 heteroatoms. The third kappa shape index (κ3) is 1.85. The fourth-order valence-corrected chi connectivity index (χ4v) is 1.19. The molecule has 0 fully saturated rings. The standard InChI is InChI=1S/C9H7ClF2O2/c1-14-9(13)7-6(11)3-2-5(4-10)8(7)12/h2-3H,4H2,1H3. The summed E-state index contributed by atoms with van der Waals surface area (Å²) in [6.45, 7) is 0. The molecule has 0 radical (unpaired) electrons. The van der Waals surface area contributed by atoms with Crippen LogP contribution in [0, 0.1) is 11.6 Å². The highest BCUT2D eigenvalue weighted by molar-refractivity contribution is 6.17. The van der Waals surface area contributed by atoms with Gasteiger partial charge in [0.15, 0.2) is 0 Å². The predicted octanol–water partition coefficient (Wildman–Crippen LogP) is 2.49. The summed E-state index contributed by atoms with van der Waals surface area (Å²) in [5.74, 6) is -3.10. The second kappa shape index (κ2) is 4.37. The van der Waals surface area contributed by atoms with Crippen molar-refractivity contribution in [1.29, 1.82) is 0 Å². The van der Waals surface area contributed by atoms with Crippen molar-refractivity contribution in [3.05, 3.63) is 34.9 Å². The lowest BCUT2D eigenvalue weighted by atomic mass is 10.1. The molecule has 0 unspecified atom stereocenters. The fraction of sp³-hybridized carbons (Fsp3) is 0.222. The van der Waals surface area contributed by atoms with Gasteiger partial charge in [-0.3, -0.25) is 0 Å². The second-order valence-electron chi connectivity index (χ2n) is 2.52. The second-order valence-corrected chi connectivity index (χ2v) is 2.79. The van der Waals surface area contributed by atoms with E-state index in [4.69, 9.17) is 11.6 Å². The Morgan fingerprint density at radius 2 is 2.14 bits per heavy atom. The summed E-state index contributed by atoms with van der Waals surface area (Å²) >= 11 is 5.39. The summed E-state index contributed by atoms with van der Waals surface area (Å²) in [6, 6.07) is 2.16. The molecule has 0 N–H and O–H groups in total. The number of hydrogen-bond acceptors (Lipinski definition) is 2. The summed E-state index contributed by atoms with van der Waals surface area (Å²) < 4.78 is 30.6.